The molecule has 1 atom stereocenters. The lowest BCUT2D eigenvalue weighted by atomic mass is 10.1. The molecule has 0 spiro atoms. The van der Waals surface area contributed by atoms with Gasteiger partial charge in [0, 0.05) is 25.7 Å². The van der Waals surface area contributed by atoms with E-state index < -0.39 is 6.04 Å². The summed E-state index contributed by atoms with van der Waals surface area (Å²) in [6, 6.07) is 6.83. The van der Waals surface area contributed by atoms with Crippen LogP contribution in [-0.2, 0) is 9.59 Å². The molecule has 6 heteroatoms. The Morgan fingerprint density at radius 3 is 2.48 bits per heavy atom. The molecular formula is C15H19N3O3. The highest BCUT2D eigenvalue weighted by Gasteiger charge is 2.35. The molecule has 1 aliphatic heterocycles. The molecule has 2 rings (SSSR count). The molecule has 1 fully saturated rings. The number of carbonyl (C=O) groups excluding carboxylic acids is 3. The number of benzene rings is 1. The minimum atomic E-state index is -0.473. The van der Waals surface area contributed by atoms with Gasteiger partial charge in [-0.3, -0.25) is 19.3 Å². The molecule has 2 N–H and O–H groups in total. The van der Waals surface area contributed by atoms with Gasteiger partial charge in [0.1, 0.15) is 0 Å². The van der Waals surface area contributed by atoms with Crippen LogP contribution in [0.25, 0.3) is 0 Å². The molecular weight excluding hydrogens is 270 g/mol. The molecule has 1 unspecified atom stereocenters. The highest BCUT2D eigenvalue weighted by molar-refractivity contribution is 6.05. The first-order chi connectivity index (χ1) is 9.99. The maximum absolute atomic E-state index is 11.9. The standard InChI is InChI=1S/C15H19N3O3/c1-10-3-5-11(6-4-10)14(20)17-8-7-16-12-9-13(19)18(2)15(12)21/h3-6,12,16H,7-9H2,1-2H3,(H,17,20). The van der Waals surface area contributed by atoms with Crippen molar-refractivity contribution in [2.45, 2.75) is 19.4 Å². The molecule has 0 saturated carbocycles. The van der Waals surface area contributed by atoms with Gasteiger partial charge in [-0.2, -0.15) is 0 Å². The zero-order valence-electron chi connectivity index (χ0n) is 12.2. The van der Waals surface area contributed by atoms with Crippen molar-refractivity contribution in [3.05, 3.63) is 35.4 Å². The molecule has 0 aliphatic carbocycles. The predicted molar refractivity (Wildman–Crippen MR) is 77.7 cm³/mol. The summed E-state index contributed by atoms with van der Waals surface area (Å²) in [6.45, 7) is 2.80. The Bertz CT molecular complexity index is 554. The number of carbonyl (C=O) groups is 3. The minimum absolute atomic E-state index is 0.150. The summed E-state index contributed by atoms with van der Waals surface area (Å²) in [7, 11) is 1.48. The monoisotopic (exact) mass is 289 g/mol. The van der Waals surface area contributed by atoms with Crippen molar-refractivity contribution in [3.63, 3.8) is 0 Å². The van der Waals surface area contributed by atoms with Gasteiger partial charge in [0.15, 0.2) is 0 Å². The molecule has 3 amide bonds. The van der Waals surface area contributed by atoms with Crippen LogP contribution >= 0.6 is 0 Å². The van der Waals surface area contributed by atoms with Gasteiger partial charge in [-0.15, -0.1) is 0 Å². The molecule has 1 saturated heterocycles. The fraction of sp³-hybridized carbons (Fsp3) is 0.400. The fourth-order valence-corrected chi connectivity index (χ4v) is 2.14. The molecule has 0 radical (unpaired) electrons. The maximum atomic E-state index is 11.9. The third-order valence-corrected chi connectivity index (χ3v) is 3.50. The predicted octanol–water partition coefficient (Wildman–Crippen LogP) is 0.0717. The van der Waals surface area contributed by atoms with E-state index in [1.54, 1.807) is 12.1 Å². The van der Waals surface area contributed by atoms with Crippen molar-refractivity contribution < 1.29 is 14.4 Å². The number of amides is 3. The topological polar surface area (TPSA) is 78.5 Å². The summed E-state index contributed by atoms with van der Waals surface area (Å²) < 4.78 is 0. The van der Waals surface area contributed by atoms with Gasteiger partial charge in [-0.05, 0) is 19.1 Å². The summed E-state index contributed by atoms with van der Waals surface area (Å²) in [5.41, 5.74) is 1.70. The molecule has 1 aromatic rings. The van der Waals surface area contributed by atoms with Crippen molar-refractivity contribution in [3.8, 4) is 0 Å². The normalized spacial score (nSPS) is 18.2. The Labute approximate surface area is 123 Å². The first-order valence-electron chi connectivity index (χ1n) is 6.87. The van der Waals surface area contributed by atoms with Gasteiger partial charge in [-0.25, -0.2) is 0 Å². The molecule has 1 aliphatic rings. The lowest BCUT2D eigenvalue weighted by molar-refractivity contribution is -0.137. The molecule has 0 bridgehead atoms. The molecule has 21 heavy (non-hydrogen) atoms. The third-order valence-electron chi connectivity index (χ3n) is 3.50. The average molecular weight is 289 g/mol. The lowest BCUT2D eigenvalue weighted by Crippen LogP contribution is -2.41. The lowest BCUT2D eigenvalue weighted by Gasteiger charge is -2.11. The Hall–Kier alpha value is -2.21. The first kappa shape index (κ1) is 15.2. The molecule has 1 aromatic carbocycles. The van der Waals surface area contributed by atoms with Crippen LogP contribution in [0.5, 0.6) is 0 Å². The van der Waals surface area contributed by atoms with Crippen LogP contribution in [0.4, 0.5) is 0 Å². The number of hydrogen-bond acceptors (Lipinski definition) is 4. The maximum Gasteiger partial charge on any atom is 0.251 e. The van der Waals surface area contributed by atoms with Gasteiger partial charge in [0.25, 0.3) is 5.91 Å². The fourth-order valence-electron chi connectivity index (χ4n) is 2.14. The molecule has 0 aromatic heterocycles. The van der Waals surface area contributed by atoms with Crippen LogP contribution in [-0.4, -0.2) is 48.8 Å². The van der Waals surface area contributed by atoms with Gasteiger partial charge in [0.2, 0.25) is 11.8 Å². The number of rotatable bonds is 5. The second-order valence-corrected chi connectivity index (χ2v) is 5.12. The zero-order valence-corrected chi connectivity index (χ0v) is 12.2. The summed E-state index contributed by atoms with van der Waals surface area (Å²) in [4.78, 5) is 36.0. The Kier molecular flexibility index (Phi) is 4.70. The van der Waals surface area contributed by atoms with Crippen LogP contribution < -0.4 is 10.6 Å². The van der Waals surface area contributed by atoms with Crippen molar-refractivity contribution in [2.24, 2.45) is 0 Å². The minimum Gasteiger partial charge on any atom is -0.351 e. The van der Waals surface area contributed by atoms with E-state index in [2.05, 4.69) is 10.6 Å². The number of imide groups is 1. The Balaban J connectivity index is 1.73. The molecule has 1 heterocycles. The highest BCUT2D eigenvalue weighted by Crippen LogP contribution is 2.09. The van der Waals surface area contributed by atoms with Crippen molar-refractivity contribution in [2.75, 3.05) is 20.1 Å². The van der Waals surface area contributed by atoms with Crippen LogP contribution in [0, 0.1) is 6.92 Å². The van der Waals surface area contributed by atoms with E-state index in [4.69, 9.17) is 0 Å². The largest absolute Gasteiger partial charge is 0.351 e. The first-order valence-corrected chi connectivity index (χ1v) is 6.87. The number of nitrogens with zero attached hydrogens (tertiary/aromatic N) is 1. The van der Waals surface area contributed by atoms with E-state index in [0.29, 0.717) is 18.7 Å². The van der Waals surface area contributed by atoms with E-state index in [1.165, 1.54) is 7.05 Å². The summed E-state index contributed by atoms with van der Waals surface area (Å²) in [5, 5.41) is 5.75. The van der Waals surface area contributed by atoms with Crippen molar-refractivity contribution in [1.29, 1.82) is 0 Å². The number of nitrogens with one attached hydrogen (secondary N) is 2. The van der Waals surface area contributed by atoms with Gasteiger partial charge < -0.3 is 10.6 Å². The van der Waals surface area contributed by atoms with Gasteiger partial charge in [-0.1, -0.05) is 17.7 Å². The number of aryl methyl sites for hydroxylation is 1. The third kappa shape index (κ3) is 3.66. The summed E-state index contributed by atoms with van der Waals surface area (Å²) in [5.74, 6) is -0.547. The van der Waals surface area contributed by atoms with Gasteiger partial charge in [0.05, 0.1) is 12.5 Å². The van der Waals surface area contributed by atoms with Crippen molar-refractivity contribution in [1.82, 2.24) is 15.5 Å². The van der Waals surface area contributed by atoms with Crippen LogP contribution in [0.3, 0.4) is 0 Å². The van der Waals surface area contributed by atoms with Crippen LogP contribution in [0.1, 0.15) is 22.3 Å². The zero-order chi connectivity index (χ0) is 15.4. The SMILES string of the molecule is Cc1ccc(C(=O)NCCNC2CC(=O)N(C)C2=O)cc1. The van der Waals surface area contributed by atoms with E-state index in [1.807, 2.05) is 19.1 Å². The molecule has 6 nitrogen and oxygen atoms in total. The second-order valence-electron chi connectivity index (χ2n) is 5.12. The summed E-state index contributed by atoms with van der Waals surface area (Å²) in [6.07, 6.45) is 0.182. The van der Waals surface area contributed by atoms with Crippen LogP contribution in [0.2, 0.25) is 0 Å². The van der Waals surface area contributed by atoms with Crippen molar-refractivity contribution >= 4 is 17.7 Å². The van der Waals surface area contributed by atoms with E-state index in [9.17, 15) is 14.4 Å². The number of likely N-dealkylation sites (N-methyl/N-ethyl adjacent to an activating group) is 1. The number of hydrogen-bond donors (Lipinski definition) is 2. The smallest absolute Gasteiger partial charge is 0.251 e. The Morgan fingerprint density at radius 1 is 1.24 bits per heavy atom. The van der Waals surface area contributed by atoms with Crippen LogP contribution in [0.15, 0.2) is 24.3 Å². The van der Waals surface area contributed by atoms with E-state index in [-0.39, 0.29) is 24.1 Å². The summed E-state index contributed by atoms with van der Waals surface area (Å²) >= 11 is 0. The Morgan fingerprint density at radius 2 is 1.90 bits per heavy atom. The van der Waals surface area contributed by atoms with Gasteiger partial charge >= 0.3 is 0 Å². The number of likely N-dealkylation sites (tertiary alicyclic amines) is 1. The second kappa shape index (κ2) is 6.49. The van der Waals surface area contributed by atoms with E-state index >= 15 is 0 Å². The average Bonchev–Trinajstić information content (AvgIpc) is 2.71. The molecule has 112 valence electrons. The highest BCUT2D eigenvalue weighted by atomic mass is 16.2. The van der Waals surface area contributed by atoms with E-state index in [0.717, 1.165) is 10.5 Å². The quantitative estimate of drug-likeness (QED) is 0.594.